The highest BCUT2D eigenvalue weighted by Gasteiger charge is 2.18. The zero-order valence-electron chi connectivity index (χ0n) is 12.2. The van der Waals surface area contributed by atoms with Crippen molar-refractivity contribution in [3.05, 3.63) is 61.8 Å². The second kappa shape index (κ2) is 6.95. The van der Waals surface area contributed by atoms with E-state index in [9.17, 15) is 14.9 Å². The first kappa shape index (κ1) is 15.8. The Hall–Kier alpha value is -2.54. The van der Waals surface area contributed by atoms with Crippen molar-refractivity contribution in [2.45, 2.75) is 20.3 Å². The number of nitrogens with one attached hydrogen (secondary N) is 1. The van der Waals surface area contributed by atoms with E-state index in [4.69, 9.17) is 0 Å². The van der Waals surface area contributed by atoms with Gasteiger partial charge < -0.3 is 0 Å². The summed E-state index contributed by atoms with van der Waals surface area (Å²) in [6.45, 7) is 3.85. The van der Waals surface area contributed by atoms with E-state index in [-0.39, 0.29) is 11.3 Å². The van der Waals surface area contributed by atoms with E-state index in [0.717, 1.165) is 11.3 Å². The molecule has 0 spiro atoms. The van der Waals surface area contributed by atoms with E-state index in [2.05, 4.69) is 17.5 Å². The Morgan fingerprint density at radius 2 is 2.05 bits per heavy atom. The molecule has 0 radical (unpaired) electrons. The third kappa shape index (κ3) is 3.56. The van der Waals surface area contributed by atoms with E-state index < -0.39 is 10.8 Å². The number of nitrogens with zero attached hydrogens (tertiary/aromatic N) is 2. The zero-order valence-corrected chi connectivity index (χ0v) is 13.0. The molecule has 0 atom stereocenters. The number of benzene rings is 1. The Morgan fingerprint density at radius 1 is 1.32 bits per heavy atom. The lowest BCUT2D eigenvalue weighted by atomic mass is 10.2. The van der Waals surface area contributed by atoms with Crippen LogP contribution < -0.4 is 5.43 Å². The molecule has 0 fully saturated rings. The lowest BCUT2D eigenvalue weighted by molar-refractivity contribution is -0.385. The number of carbonyl (C=O) groups excluding carboxylic acids is 1. The van der Waals surface area contributed by atoms with Gasteiger partial charge in [0.1, 0.15) is 5.56 Å². The van der Waals surface area contributed by atoms with Crippen LogP contribution in [0, 0.1) is 10.1 Å². The van der Waals surface area contributed by atoms with Crippen LogP contribution in [0.15, 0.2) is 41.5 Å². The number of para-hydroxylation sites is 1. The van der Waals surface area contributed by atoms with Gasteiger partial charge in [-0.15, -0.1) is 11.3 Å². The largest absolute Gasteiger partial charge is 0.282 e. The van der Waals surface area contributed by atoms with Gasteiger partial charge in [0.15, 0.2) is 0 Å². The van der Waals surface area contributed by atoms with E-state index in [1.807, 2.05) is 12.1 Å². The second-order valence-corrected chi connectivity index (χ2v) is 5.70. The molecule has 2 aromatic rings. The standard InChI is InChI=1S/C15H15N3O3S/c1-3-11-8-9-14(22-11)10(2)16-17-15(19)12-6-4-5-7-13(12)18(20)21/h4-9H,3H2,1-2H3,(H,17,19). The second-order valence-electron chi connectivity index (χ2n) is 4.53. The summed E-state index contributed by atoms with van der Waals surface area (Å²) in [4.78, 5) is 24.6. The SMILES string of the molecule is CCc1ccc(C(C)=NNC(=O)c2ccccc2[N+](=O)[O-])s1. The zero-order chi connectivity index (χ0) is 16.1. The molecule has 0 saturated carbocycles. The predicted molar refractivity (Wildman–Crippen MR) is 86.5 cm³/mol. The highest BCUT2D eigenvalue weighted by Crippen LogP contribution is 2.19. The van der Waals surface area contributed by atoms with Crippen molar-refractivity contribution in [2.75, 3.05) is 0 Å². The third-order valence-corrected chi connectivity index (χ3v) is 4.38. The van der Waals surface area contributed by atoms with Crippen LogP contribution in [0.3, 0.4) is 0 Å². The van der Waals surface area contributed by atoms with Crippen molar-refractivity contribution in [2.24, 2.45) is 5.10 Å². The van der Waals surface area contributed by atoms with E-state index >= 15 is 0 Å². The van der Waals surface area contributed by atoms with Gasteiger partial charge in [-0.3, -0.25) is 14.9 Å². The average Bonchev–Trinajstić information content (AvgIpc) is 3.01. The first-order valence-corrected chi connectivity index (χ1v) is 7.51. The molecule has 0 aliphatic rings. The molecule has 7 heteroatoms. The summed E-state index contributed by atoms with van der Waals surface area (Å²) in [7, 11) is 0. The molecule has 6 nitrogen and oxygen atoms in total. The Balaban J connectivity index is 2.15. The molecule has 114 valence electrons. The third-order valence-electron chi connectivity index (χ3n) is 3.04. The molecule has 0 aliphatic heterocycles. The van der Waals surface area contributed by atoms with E-state index in [1.165, 1.54) is 23.1 Å². The van der Waals surface area contributed by atoms with Gasteiger partial charge in [0.05, 0.1) is 15.5 Å². The van der Waals surface area contributed by atoms with Gasteiger partial charge in [-0.2, -0.15) is 5.10 Å². The average molecular weight is 317 g/mol. The Morgan fingerprint density at radius 3 is 2.68 bits per heavy atom. The minimum absolute atomic E-state index is 0.00974. The van der Waals surface area contributed by atoms with Crippen LogP contribution in [0.25, 0.3) is 0 Å². The van der Waals surface area contributed by atoms with Crippen LogP contribution in [-0.2, 0) is 6.42 Å². The highest BCUT2D eigenvalue weighted by molar-refractivity contribution is 7.14. The van der Waals surface area contributed by atoms with Crippen LogP contribution in [0.2, 0.25) is 0 Å². The first-order valence-electron chi connectivity index (χ1n) is 6.70. The molecule has 2 rings (SSSR count). The van der Waals surface area contributed by atoms with Crippen molar-refractivity contribution < 1.29 is 9.72 Å². The molecule has 22 heavy (non-hydrogen) atoms. The summed E-state index contributed by atoms with van der Waals surface area (Å²) in [6.07, 6.45) is 0.945. The summed E-state index contributed by atoms with van der Waals surface area (Å²) in [5.74, 6) is -0.598. The van der Waals surface area contributed by atoms with Crippen molar-refractivity contribution in [1.82, 2.24) is 5.43 Å². The number of amides is 1. The van der Waals surface area contributed by atoms with Crippen LogP contribution in [-0.4, -0.2) is 16.5 Å². The van der Waals surface area contributed by atoms with Crippen LogP contribution in [0.1, 0.15) is 34.0 Å². The predicted octanol–water partition coefficient (Wildman–Crippen LogP) is 3.37. The fraction of sp³-hybridized carbons (Fsp3) is 0.200. The van der Waals surface area contributed by atoms with Gasteiger partial charge in [-0.25, -0.2) is 5.43 Å². The van der Waals surface area contributed by atoms with Crippen molar-refractivity contribution in [3.63, 3.8) is 0 Å². The summed E-state index contributed by atoms with van der Waals surface area (Å²) in [5, 5.41) is 14.9. The molecule has 1 N–H and O–H groups in total. The quantitative estimate of drug-likeness (QED) is 0.521. The van der Waals surface area contributed by atoms with Crippen molar-refractivity contribution in [3.8, 4) is 0 Å². The molecule has 0 saturated heterocycles. The molecule has 1 amide bonds. The van der Waals surface area contributed by atoms with Gasteiger partial charge in [0.25, 0.3) is 11.6 Å². The number of hydrogen-bond acceptors (Lipinski definition) is 5. The normalized spacial score (nSPS) is 11.3. The summed E-state index contributed by atoms with van der Waals surface area (Å²) in [6, 6.07) is 9.74. The fourth-order valence-electron chi connectivity index (χ4n) is 1.84. The Bertz CT molecular complexity index is 737. The lowest BCUT2D eigenvalue weighted by Crippen LogP contribution is -2.20. The summed E-state index contributed by atoms with van der Waals surface area (Å²) in [5.41, 5.74) is 2.79. The molecule has 0 unspecified atom stereocenters. The maximum atomic E-state index is 12.0. The molecule has 0 bridgehead atoms. The molecular formula is C15H15N3O3S. The molecule has 0 aliphatic carbocycles. The minimum atomic E-state index is -0.598. The van der Waals surface area contributed by atoms with Crippen LogP contribution >= 0.6 is 11.3 Å². The topological polar surface area (TPSA) is 84.6 Å². The molecular weight excluding hydrogens is 302 g/mol. The Kier molecular flexibility index (Phi) is 5.00. The van der Waals surface area contributed by atoms with Crippen molar-refractivity contribution >= 4 is 28.6 Å². The van der Waals surface area contributed by atoms with Gasteiger partial charge in [0, 0.05) is 10.9 Å². The van der Waals surface area contributed by atoms with E-state index in [0.29, 0.717) is 5.71 Å². The first-order chi connectivity index (χ1) is 10.5. The number of nitro benzene ring substituents is 1. The highest BCUT2D eigenvalue weighted by atomic mass is 32.1. The lowest BCUT2D eigenvalue weighted by Gasteiger charge is -2.02. The maximum absolute atomic E-state index is 12.0. The monoisotopic (exact) mass is 317 g/mol. The van der Waals surface area contributed by atoms with Crippen LogP contribution in [0.4, 0.5) is 5.69 Å². The summed E-state index contributed by atoms with van der Waals surface area (Å²) < 4.78 is 0. The summed E-state index contributed by atoms with van der Waals surface area (Å²) >= 11 is 1.61. The molecule has 1 heterocycles. The van der Waals surface area contributed by atoms with Crippen molar-refractivity contribution in [1.29, 1.82) is 0 Å². The number of carbonyl (C=O) groups is 1. The van der Waals surface area contributed by atoms with E-state index in [1.54, 1.807) is 24.3 Å². The van der Waals surface area contributed by atoms with Gasteiger partial charge >= 0.3 is 0 Å². The molecule has 1 aromatic carbocycles. The number of rotatable bonds is 5. The van der Waals surface area contributed by atoms with Gasteiger partial charge in [-0.05, 0) is 31.5 Å². The van der Waals surface area contributed by atoms with Gasteiger partial charge in [-0.1, -0.05) is 19.1 Å². The van der Waals surface area contributed by atoms with Gasteiger partial charge in [0.2, 0.25) is 0 Å². The fourth-order valence-corrected chi connectivity index (χ4v) is 2.73. The van der Waals surface area contributed by atoms with Crippen LogP contribution in [0.5, 0.6) is 0 Å². The number of thiophene rings is 1. The number of hydrazone groups is 1. The number of hydrogen-bond donors (Lipinski definition) is 1. The Labute approximate surface area is 131 Å². The number of aryl methyl sites for hydroxylation is 1. The number of nitro groups is 1. The maximum Gasteiger partial charge on any atom is 0.282 e. The minimum Gasteiger partial charge on any atom is -0.267 e. The molecule has 1 aromatic heterocycles. The smallest absolute Gasteiger partial charge is 0.267 e.